The van der Waals surface area contributed by atoms with E-state index in [1.54, 1.807) is 6.07 Å². The fourth-order valence-electron chi connectivity index (χ4n) is 2.64. The molecule has 1 aromatic carbocycles. The van der Waals surface area contributed by atoms with Gasteiger partial charge in [0.25, 0.3) is 15.9 Å². The Bertz CT molecular complexity index is 1010. The molecule has 12 heteroatoms. The average molecular weight is 433 g/mol. The van der Waals surface area contributed by atoms with Gasteiger partial charge < -0.3 is 20.8 Å². The van der Waals surface area contributed by atoms with Crippen LogP contribution in [0.2, 0.25) is 0 Å². The van der Waals surface area contributed by atoms with Crippen LogP contribution in [0.5, 0.6) is 0 Å². The number of fused-ring (bicyclic) bond motifs is 1. The second-order valence-corrected chi connectivity index (χ2v) is 7.55. The number of carbonyl (C=O) groups is 2. The molecular weight excluding hydrogens is 415 g/mol. The predicted octanol–water partition coefficient (Wildman–Crippen LogP) is 0.502. The van der Waals surface area contributed by atoms with Gasteiger partial charge in [0.1, 0.15) is 5.82 Å². The number of carbonyl (C=O) groups excluding carboxylic acids is 2. The first-order chi connectivity index (χ1) is 12.8. The molecule has 0 aliphatic carbocycles. The smallest absolute Gasteiger partial charge is 0.291 e. The number of rotatable bonds is 6. The van der Waals surface area contributed by atoms with Gasteiger partial charge in [0, 0.05) is 6.54 Å². The summed E-state index contributed by atoms with van der Waals surface area (Å²) in [6, 6.07) is 5.33. The zero-order valence-corrected chi connectivity index (χ0v) is 16.1. The molecule has 9 nitrogen and oxygen atoms in total. The number of halogens is 2. The van der Waals surface area contributed by atoms with Gasteiger partial charge in [0.05, 0.1) is 12.2 Å². The van der Waals surface area contributed by atoms with Crippen molar-refractivity contribution in [3.63, 3.8) is 0 Å². The largest absolute Gasteiger partial charge is 0.438 e. The fraction of sp³-hybridized carbons (Fsp3) is 0.250. The Balaban J connectivity index is 0.00000280. The Morgan fingerprint density at radius 3 is 2.71 bits per heavy atom. The summed E-state index contributed by atoms with van der Waals surface area (Å²) in [7, 11) is -4.14. The average Bonchev–Trinajstić information content (AvgIpc) is 3.14. The summed E-state index contributed by atoms with van der Waals surface area (Å²) in [6.45, 7) is 0.580. The molecule has 2 amide bonds. The number of nitrogens with two attached hydrogens (primary N) is 1. The van der Waals surface area contributed by atoms with Crippen LogP contribution in [-0.2, 0) is 27.8 Å². The van der Waals surface area contributed by atoms with Gasteiger partial charge in [-0.15, -0.1) is 12.4 Å². The molecule has 0 radical (unpaired) electrons. The van der Waals surface area contributed by atoms with Crippen molar-refractivity contribution in [1.82, 2.24) is 10.0 Å². The van der Waals surface area contributed by atoms with Crippen LogP contribution in [0.25, 0.3) is 0 Å². The van der Waals surface area contributed by atoms with Crippen LogP contribution in [0.15, 0.2) is 33.8 Å². The normalized spacial score (nSPS) is 13.3. The van der Waals surface area contributed by atoms with E-state index in [0.29, 0.717) is 25.1 Å². The van der Waals surface area contributed by atoms with Crippen LogP contribution in [0.4, 0.5) is 10.1 Å². The number of anilines is 1. The molecule has 1 aliphatic heterocycles. The fourth-order valence-corrected chi connectivity index (χ4v) is 3.56. The molecule has 2 aromatic rings. The van der Waals surface area contributed by atoms with Crippen molar-refractivity contribution in [2.45, 2.75) is 18.1 Å². The van der Waals surface area contributed by atoms with Gasteiger partial charge in [0.2, 0.25) is 11.0 Å². The molecule has 0 atom stereocenters. The third kappa shape index (κ3) is 4.68. The first-order valence-corrected chi connectivity index (χ1v) is 9.46. The van der Waals surface area contributed by atoms with Crippen LogP contribution in [0.3, 0.4) is 0 Å². The minimum Gasteiger partial charge on any atom is -0.438 e. The van der Waals surface area contributed by atoms with E-state index >= 15 is 0 Å². The van der Waals surface area contributed by atoms with E-state index in [-0.39, 0.29) is 23.9 Å². The highest BCUT2D eigenvalue weighted by Gasteiger charge is 2.23. The molecular formula is C16H18ClFN4O5S. The van der Waals surface area contributed by atoms with E-state index in [1.807, 2.05) is 4.72 Å². The first-order valence-electron chi connectivity index (χ1n) is 7.98. The van der Waals surface area contributed by atoms with Gasteiger partial charge in [-0.05, 0) is 42.3 Å². The lowest BCUT2D eigenvalue weighted by Gasteiger charge is -2.19. The Kier molecular flexibility index (Phi) is 6.77. The second kappa shape index (κ2) is 8.69. The first kappa shape index (κ1) is 21.8. The van der Waals surface area contributed by atoms with Crippen LogP contribution < -0.4 is 21.1 Å². The van der Waals surface area contributed by atoms with E-state index in [4.69, 9.17) is 10.2 Å². The number of hydrogen-bond donors (Lipinski definition) is 4. The lowest BCUT2D eigenvalue weighted by molar-refractivity contribution is -0.116. The highest BCUT2D eigenvalue weighted by Crippen LogP contribution is 2.25. The number of hydrogen-bond acceptors (Lipinski definition) is 6. The van der Waals surface area contributed by atoms with Gasteiger partial charge >= 0.3 is 0 Å². The lowest BCUT2D eigenvalue weighted by atomic mass is 9.99. The SMILES string of the molecule is Cl.NC(=O)CNS(=O)(=O)c1ccc(C(=O)Nc2ccc3c(c2F)CCNC3)o1. The molecule has 152 valence electrons. The summed E-state index contributed by atoms with van der Waals surface area (Å²) in [5.74, 6) is -2.53. The maximum absolute atomic E-state index is 14.6. The molecule has 0 bridgehead atoms. The van der Waals surface area contributed by atoms with Crippen LogP contribution in [0.1, 0.15) is 21.7 Å². The summed E-state index contributed by atoms with van der Waals surface area (Å²) in [5, 5.41) is 4.94. The van der Waals surface area contributed by atoms with Gasteiger partial charge in [-0.3, -0.25) is 9.59 Å². The van der Waals surface area contributed by atoms with Crippen molar-refractivity contribution in [2.75, 3.05) is 18.4 Å². The van der Waals surface area contributed by atoms with E-state index < -0.39 is 39.3 Å². The Morgan fingerprint density at radius 1 is 1.25 bits per heavy atom. The second-order valence-electron chi connectivity index (χ2n) is 5.86. The molecule has 0 spiro atoms. The molecule has 2 heterocycles. The van der Waals surface area contributed by atoms with Gasteiger partial charge in [-0.1, -0.05) is 6.07 Å². The highest BCUT2D eigenvalue weighted by molar-refractivity contribution is 7.89. The van der Waals surface area contributed by atoms with Crippen molar-refractivity contribution in [3.05, 3.63) is 47.0 Å². The van der Waals surface area contributed by atoms with Crippen LogP contribution >= 0.6 is 12.4 Å². The maximum Gasteiger partial charge on any atom is 0.291 e. The van der Waals surface area contributed by atoms with Crippen molar-refractivity contribution in [2.24, 2.45) is 5.73 Å². The Morgan fingerprint density at radius 2 is 2.00 bits per heavy atom. The monoisotopic (exact) mass is 432 g/mol. The topological polar surface area (TPSA) is 144 Å². The summed E-state index contributed by atoms with van der Waals surface area (Å²) in [4.78, 5) is 23.0. The predicted molar refractivity (Wildman–Crippen MR) is 100 cm³/mol. The molecule has 28 heavy (non-hydrogen) atoms. The Hall–Kier alpha value is -2.47. The molecule has 0 saturated heterocycles. The molecule has 1 aromatic heterocycles. The number of primary amides is 1. The molecule has 5 N–H and O–H groups in total. The third-order valence-electron chi connectivity index (χ3n) is 3.96. The molecule has 1 aliphatic rings. The van der Waals surface area contributed by atoms with Gasteiger partial charge in [-0.25, -0.2) is 12.8 Å². The van der Waals surface area contributed by atoms with Crippen molar-refractivity contribution in [1.29, 1.82) is 0 Å². The quantitative estimate of drug-likeness (QED) is 0.523. The number of amides is 2. The molecule has 0 fully saturated rings. The molecule has 3 rings (SSSR count). The van der Waals surface area contributed by atoms with Crippen LogP contribution in [-0.4, -0.2) is 33.3 Å². The minimum atomic E-state index is -4.14. The molecule has 0 unspecified atom stereocenters. The zero-order chi connectivity index (χ0) is 19.6. The van der Waals surface area contributed by atoms with Gasteiger partial charge in [-0.2, -0.15) is 4.72 Å². The van der Waals surface area contributed by atoms with Crippen molar-refractivity contribution in [3.8, 4) is 0 Å². The third-order valence-corrected chi connectivity index (χ3v) is 5.24. The standard InChI is InChI=1S/C16H17FN4O5S.ClH/c17-15-10-5-6-19-7-9(10)1-2-11(15)21-16(23)12-3-4-14(26-12)27(24,25)20-8-13(18)22;/h1-4,19-20H,5-8H2,(H2,18,22)(H,21,23);1H. The Labute approximate surface area is 166 Å². The van der Waals surface area contributed by atoms with E-state index in [1.165, 1.54) is 6.07 Å². The maximum atomic E-state index is 14.6. The lowest BCUT2D eigenvalue weighted by Crippen LogP contribution is -2.33. The van der Waals surface area contributed by atoms with E-state index in [0.717, 1.165) is 17.7 Å². The summed E-state index contributed by atoms with van der Waals surface area (Å²) < 4.78 is 45.4. The van der Waals surface area contributed by atoms with E-state index in [9.17, 15) is 22.4 Å². The zero-order valence-electron chi connectivity index (χ0n) is 14.5. The number of sulfonamides is 1. The van der Waals surface area contributed by atoms with Crippen molar-refractivity contribution >= 4 is 39.9 Å². The number of nitrogens with one attached hydrogen (secondary N) is 3. The summed E-state index contributed by atoms with van der Waals surface area (Å²) >= 11 is 0. The van der Waals surface area contributed by atoms with E-state index in [2.05, 4.69) is 10.6 Å². The molecule has 0 saturated carbocycles. The number of furan rings is 1. The van der Waals surface area contributed by atoms with Gasteiger partial charge in [0.15, 0.2) is 5.76 Å². The van der Waals surface area contributed by atoms with Crippen molar-refractivity contribution < 1.29 is 26.8 Å². The number of benzene rings is 1. The minimum absolute atomic E-state index is 0. The highest BCUT2D eigenvalue weighted by atomic mass is 35.5. The van der Waals surface area contributed by atoms with Crippen LogP contribution in [0, 0.1) is 5.82 Å². The summed E-state index contributed by atoms with van der Waals surface area (Å²) in [5.41, 5.74) is 6.21. The summed E-state index contributed by atoms with van der Waals surface area (Å²) in [6.07, 6.45) is 0.500.